The standard InChI is InChI=1S/C19H25NO4/c1-6-9-15-11-8-12-16(10-7-2)18(15)20(17(21)13-23-4)14(3)19(22)24-5/h6-8,11-12,14H,1-2,9-10,13H2,3-5H3/t14-/m0/s1. The summed E-state index contributed by atoms with van der Waals surface area (Å²) in [5.41, 5.74) is 2.51. The smallest absolute Gasteiger partial charge is 0.328 e. The van der Waals surface area contributed by atoms with Gasteiger partial charge in [-0.1, -0.05) is 30.4 Å². The van der Waals surface area contributed by atoms with Crippen LogP contribution >= 0.6 is 0 Å². The number of hydrogen-bond acceptors (Lipinski definition) is 4. The fourth-order valence-electron chi connectivity index (χ4n) is 2.60. The number of carbonyl (C=O) groups excluding carboxylic acids is 2. The van der Waals surface area contributed by atoms with Crippen LogP contribution < -0.4 is 4.90 Å². The lowest BCUT2D eigenvalue weighted by Crippen LogP contribution is -2.46. The van der Waals surface area contributed by atoms with Crippen molar-refractivity contribution in [2.45, 2.75) is 25.8 Å². The summed E-state index contributed by atoms with van der Waals surface area (Å²) < 4.78 is 9.81. The predicted molar refractivity (Wildman–Crippen MR) is 95.1 cm³/mol. The number of esters is 1. The number of anilines is 1. The fourth-order valence-corrected chi connectivity index (χ4v) is 2.60. The van der Waals surface area contributed by atoms with Gasteiger partial charge in [-0.25, -0.2) is 4.79 Å². The molecule has 1 aromatic rings. The first-order valence-electron chi connectivity index (χ1n) is 7.73. The van der Waals surface area contributed by atoms with Crippen LogP contribution in [-0.2, 0) is 31.9 Å². The highest BCUT2D eigenvalue weighted by Gasteiger charge is 2.30. The van der Waals surface area contributed by atoms with E-state index in [-0.39, 0.29) is 12.5 Å². The van der Waals surface area contributed by atoms with E-state index < -0.39 is 12.0 Å². The Bertz CT molecular complexity index is 581. The third kappa shape index (κ3) is 4.55. The van der Waals surface area contributed by atoms with Gasteiger partial charge in [0.1, 0.15) is 12.6 Å². The quantitative estimate of drug-likeness (QED) is 0.516. The van der Waals surface area contributed by atoms with Crippen molar-refractivity contribution in [3.05, 3.63) is 54.6 Å². The highest BCUT2D eigenvalue weighted by Crippen LogP contribution is 2.29. The van der Waals surface area contributed by atoms with Crippen LogP contribution in [0.25, 0.3) is 0 Å². The molecule has 0 spiro atoms. The fraction of sp³-hybridized carbons (Fsp3) is 0.368. The van der Waals surface area contributed by atoms with E-state index in [4.69, 9.17) is 9.47 Å². The Labute approximate surface area is 143 Å². The molecule has 24 heavy (non-hydrogen) atoms. The van der Waals surface area contributed by atoms with E-state index >= 15 is 0 Å². The minimum absolute atomic E-state index is 0.128. The van der Waals surface area contributed by atoms with Crippen LogP contribution in [0.3, 0.4) is 0 Å². The molecule has 5 heteroatoms. The van der Waals surface area contributed by atoms with Crippen LogP contribution in [0.1, 0.15) is 18.1 Å². The third-order valence-corrected chi connectivity index (χ3v) is 3.64. The van der Waals surface area contributed by atoms with Gasteiger partial charge < -0.3 is 9.47 Å². The average Bonchev–Trinajstić information content (AvgIpc) is 2.57. The molecule has 1 amide bonds. The topological polar surface area (TPSA) is 55.8 Å². The number of carbonyl (C=O) groups is 2. The minimum atomic E-state index is -0.771. The summed E-state index contributed by atoms with van der Waals surface area (Å²) >= 11 is 0. The van der Waals surface area contributed by atoms with Crippen molar-refractivity contribution in [2.24, 2.45) is 0 Å². The van der Waals surface area contributed by atoms with Crippen LogP contribution in [0.5, 0.6) is 0 Å². The number of methoxy groups -OCH3 is 2. The van der Waals surface area contributed by atoms with E-state index in [0.717, 1.165) is 11.1 Å². The Balaban J connectivity index is 3.54. The molecule has 0 saturated heterocycles. The highest BCUT2D eigenvalue weighted by atomic mass is 16.5. The van der Waals surface area contributed by atoms with Crippen molar-refractivity contribution in [3.63, 3.8) is 0 Å². The molecule has 0 radical (unpaired) electrons. The number of allylic oxidation sites excluding steroid dienone is 2. The molecule has 0 aliphatic rings. The van der Waals surface area contributed by atoms with E-state index in [2.05, 4.69) is 13.2 Å². The first kappa shape index (κ1) is 19.6. The van der Waals surface area contributed by atoms with Crippen molar-refractivity contribution in [1.29, 1.82) is 0 Å². The molecule has 5 nitrogen and oxygen atoms in total. The molecular formula is C19H25NO4. The first-order chi connectivity index (χ1) is 11.5. The van der Waals surface area contributed by atoms with Gasteiger partial charge in [0.2, 0.25) is 0 Å². The second-order valence-electron chi connectivity index (χ2n) is 5.31. The number of ether oxygens (including phenoxy) is 2. The van der Waals surface area contributed by atoms with Crippen LogP contribution in [-0.4, -0.2) is 38.7 Å². The van der Waals surface area contributed by atoms with E-state index in [9.17, 15) is 9.59 Å². The number of amides is 1. The van der Waals surface area contributed by atoms with Gasteiger partial charge >= 0.3 is 5.97 Å². The zero-order valence-corrected chi connectivity index (χ0v) is 14.6. The first-order valence-corrected chi connectivity index (χ1v) is 7.73. The lowest BCUT2D eigenvalue weighted by atomic mass is 9.99. The summed E-state index contributed by atoms with van der Waals surface area (Å²) in [6.45, 7) is 9.05. The minimum Gasteiger partial charge on any atom is -0.467 e. The van der Waals surface area contributed by atoms with Crippen molar-refractivity contribution in [2.75, 3.05) is 25.7 Å². The summed E-state index contributed by atoms with van der Waals surface area (Å²) in [5.74, 6) is -0.797. The lowest BCUT2D eigenvalue weighted by molar-refractivity contribution is -0.143. The van der Waals surface area contributed by atoms with Crippen molar-refractivity contribution >= 4 is 17.6 Å². The maximum Gasteiger partial charge on any atom is 0.328 e. The lowest BCUT2D eigenvalue weighted by Gasteiger charge is -2.31. The zero-order chi connectivity index (χ0) is 18.1. The van der Waals surface area contributed by atoms with Gasteiger partial charge in [0.25, 0.3) is 5.91 Å². The van der Waals surface area contributed by atoms with Gasteiger partial charge in [0.15, 0.2) is 0 Å². The summed E-state index contributed by atoms with van der Waals surface area (Å²) in [7, 11) is 2.75. The highest BCUT2D eigenvalue weighted by molar-refractivity contribution is 6.01. The Morgan fingerprint density at radius 1 is 1.17 bits per heavy atom. The molecular weight excluding hydrogens is 306 g/mol. The number of benzene rings is 1. The molecule has 0 unspecified atom stereocenters. The molecule has 0 aliphatic heterocycles. The van der Waals surface area contributed by atoms with Crippen LogP contribution in [0, 0.1) is 0 Å². The van der Waals surface area contributed by atoms with E-state index in [1.807, 2.05) is 18.2 Å². The Kier molecular flexibility index (Phi) is 7.92. The zero-order valence-electron chi connectivity index (χ0n) is 14.6. The normalized spacial score (nSPS) is 11.5. The molecule has 0 aromatic heterocycles. The third-order valence-electron chi connectivity index (χ3n) is 3.64. The molecule has 0 N–H and O–H groups in total. The van der Waals surface area contributed by atoms with Gasteiger partial charge in [-0.15, -0.1) is 13.2 Å². The summed E-state index contributed by atoms with van der Waals surface area (Å²) in [6, 6.07) is 4.98. The van der Waals surface area contributed by atoms with Gasteiger partial charge in [-0.2, -0.15) is 0 Å². The summed E-state index contributed by atoms with van der Waals surface area (Å²) in [5, 5.41) is 0. The molecule has 1 atom stereocenters. The predicted octanol–water partition coefficient (Wildman–Crippen LogP) is 2.68. The Morgan fingerprint density at radius 3 is 2.12 bits per heavy atom. The molecule has 0 saturated carbocycles. The van der Waals surface area contributed by atoms with Crippen LogP contribution in [0.4, 0.5) is 5.69 Å². The SMILES string of the molecule is C=CCc1cccc(CC=C)c1N(C(=O)COC)[C@@H](C)C(=O)OC. The molecule has 1 aromatic carbocycles. The van der Waals surface area contributed by atoms with Crippen molar-refractivity contribution < 1.29 is 19.1 Å². The van der Waals surface area contributed by atoms with Gasteiger partial charge in [-0.05, 0) is 30.9 Å². The molecule has 0 bridgehead atoms. The van der Waals surface area contributed by atoms with E-state index in [0.29, 0.717) is 18.5 Å². The number of nitrogens with zero attached hydrogens (tertiary/aromatic N) is 1. The maximum absolute atomic E-state index is 12.7. The van der Waals surface area contributed by atoms with Crippen LogP contribution in [0.15, 0.2) is 43.5 Å². The second kappa shape index (κ2) is 9.67. The molecule has 0 aliphatic carbocycles. The van der Waals surface area contributed by atoms with Crippen molar-refractivity contribution in [1.82, 2.24) is 0 Å². The van der Waals surface area contributed by atoms with Gasteiger partial charge in [-0.3, -0.25) is 9.69 Å². The number of rotatable bonds is 9. The van der Waals surface area contributed by atoms with Gasteiger partial charge in [0.05, 0.1) is 12.8 Å². The Hall–Kier alpha value is -2.40. The molecule has 130 valence electrons. The van der Waals surface area contributed by atoms with E-state index in [1.54, 1.807) is 19.1 Å². The van der Waals surface area contributed by atoms with Crippen LogP contribution in [0.2, 0.25) is 0 Å². The maximum atomic E-state index is 12.7. The monoisotopic (exact) mass is 331 g/mol. The van der Waals surface area contributed by atoms with E-state index in [1.165, 1.54) is 19.1 Å². The largest absolute Gasteiger partial charge is 0.467 e. The molecule has 0 fully saturated rings. The Morgan fingerprint density at radius 2 is 1.71 bits per heavy atom. The average molecular weight is 331 g/mol. The van der Waals surface area contributed by atoms with Gasteiger partial charge in [0, 0.05) is 7.11 Å². The number of para-hydroxylation sites is 1. The molecule has 1 rings (SSSR count). The number of hydrogen-bond donors (Lipinski definition) is 0. The second-order valence-corrected chi connectivity index (χ2v) is 5.31. The summed E-state index contributed by atoms with van der Waals surface area (Å²) in [6.07, 6.45) is 4.67. The molecule has 0 heterocycles. The summed E-state index contributed by atoms with van der Waals surface area (Å²) in [4.78, 5) is 26.2. The van der Waals surface area contributed by atoms with Crippen molar-refractivity contribution in [3.8, 4) is 0 Å².